The summed E-state index contributed by atoms with van der Waals surface area (Å²) in [7, 11) is 5.97. The maximum Gasteiger partial charge on any atom is 0.153 e. The summed E-state index contributed by atoms with van der Waals surface area (Å²) in [6.45, 7) is 0. The molecule has 0 unspecified atom stereocenters. The first-order valence-corrected chi connectivity index (χ1v) is 12.7. The van der Waals surface area contributed by atoms with E-state index in [4.69, 9.17) is 18.9 Å². The van der Waals surface area contributed by atoms with E-state index in [1.807, 2.05) is 24.3 Å². The third-order valence-corrected chi connectivity index (χ3v) is 8.18. The van der Waals surface area contributed by atoms with E-state index in [1.165, 1.54) is 28.4 Å². The van der Waals surface area contributed by atoms with Gasteiger partial charge in [-0.2, -0.15) is 0 Å². The normalized spacial score (nSPS) is 13.0. The second kappa shape index (κ2) is 9.45. The molecule has 2 aliphatic rings. The van der Waals surface area contributed by atoms with E-state index in [1.54, 1.807) is 24.3 Å². The molecule has 0 aromatic heterocycles. The molecule has 4 aromatic carbocycles. The van der Waals surface area contributed by atoms with E-state index >= 15 is 0 Å². The fourth-order valence-electron chi connectivity index (χ4n) is 6.46. The van der Waals surface area contributed by atoms with Gasteiger partial charge in [-0.25, -0.2) is 0 Å². The molecule has 0 fully saturated rings. The van der Waals surface area contributed by atoms with Gasteiger partial charge in [0.25, 0.3) is 0 Å². The van der Waals surface area contributed by atoms with Crippen LogP contribution in [0.2, 0.25) is 0 Å². The average molecular weight is 549 g/mol. The molecule has 1 spiro atoms. The Bertz CT molecular complexity index is 1550. The van der Waals surface area contributed by atoms with Gasteiger partial charge in [-0.3, -0.25) is 19.2 Å². The highest BCUT2D eigenvalue weighted by atomic mass is 16.5. The van der Waals surface area contributed by atoms with E-state index in [-0.39, 0.29) is 0 Å². The van der Waals surface area contributed by atoms with Crippen molar-refractivity contribution >= 4 is 25.1 Å². The van der Waals surface area contributed by atoms with E-state index in [0.717, 1.165) is 69.7 Å². The third kappa shape index (κ3) is 3.27. The molecule has 0 N–H and O–H groups in total. The predicted octanol–water partition coefficient (Wildman–Crippen LogP) is 5.31. The van der Waals surface area contributed by atoms with Gasteiger partial charge in [0.15, 0.2) is 25.1 Å². The van der Waals surface area contributed by atoms with Gasteiger partial charge in [0.2, 0.25) is 0 Å². The van der Waals surface area contributed by atoms with Gasteiger partial charge in [-0.15, -0.1) is 0 Å². The molecule has 0 saturated heterocycles. The topological polar surface area (TPSA) is 105 Å². The first-order chi connectivity index (χ1) is 19.9. The zero-order valence-corrected chi connectivity index (χ0v) is 22.7. The lowest BCUT2D eigenvalue weighted by Crippen LogP contribution is -2.26. The lowest BCUT2D eigenvalue weighted by atomic mass is 9.70. The minimum absolute atomic E-state index is 0.346. The molecule has 6 rings (SSSR count). The third-order valence-electron chi connectivity index (χ3n) is 8.18. The summed E-state index contributed by atoms with van der Waals surface area (Å²) < 4.78 is 22.5. The Hall–Kier alpha value is -5.24. The molecule has 0 bridgehead atoms. The zero-order valence-electron chi connectivity index (χ0n) is 22.7. The van der Waals surface area contributed by atoms with Crippen LogP contribution < -0.4 is 18.9 Å². The molecule has 0 saturated carbocycles. The molecule has 41 heavy (non-hydrogen) atoms. The molecular formula is C33H24O8. The van der Waals surface area contributed by atoms with Gasteiger partial charge in [-0.1, -0.05) is 0 Å². The Morgan fingerprint density at radius 3 is 0.805 bits per heavy atom. The quantitative estimate of drug-likeness (QED) is 0.236. The lowest BCUT2D eigenvalue weighted by molar-refractivity contribution is 0.111. The average Bonchev–Trinajstić information content (AvgIpc) is 3.45. The summed E-state index contributed by atoms with van der Waals surface area (Å²) in [6, 6.07) is 14.3. The van der Waals surface area contributed by atoms with E-state index < -0.39 is 5.41 Å². The minimum Gasteiger partial charge on any atom is -0.496 e. The number of rotatable bonds is 8. The second-order valence-corrected chi connectivity index (χ2v) is 9.78. The number of methoxy groups -OCH3 is 4. The molecule has 0 atom stereocenters. The van der Waals surface area contributed by atoms with Gasteiger partial charge in [0.1, 0.15) is 23.0 Å². The van der Waals surface area contributed by atoms with Gasteiger partial charge >= 0.3 is 0 Å². The smallest absolute Gasteiger partial charge is 0.153 e. The highest BCUT2D eigenvalue weighted by molar-refractivity contribution is 6.01. The molecular weight excluding hydrogens is 524 g/mol. The molecule has 2 aliphatic carbocycles. The Balaban J connectivity index is 1.89. The SMILES string of the molecule is COc1cc2c(cc1C=O)-c1cc(C=O)c(OC)cc1C21c2cc(OC)c(C=O)cc2-c2cc(C=O)c(OC)cc21. The fraction of sp³-hybridized carbons (Fsp3) is 0.152. The maximum atomic E-state index is 12.1. The first-order valence-electron chi connectivity index (χ1n) is 12.7. The van der Waals surface area contributed by atoms with Crippen molar-refractivity contribution in [2.75, 3.05) is 28.4 Å². The Morgan fingerprint density at radius 1 is 0.415 bits per heavy atom. The first kappa shape index (κ1) is 26.0. The summed E-state index contributed by atoms with van der Waals surface area (Å²) >= 11 is 0. The molecule has 0 heterocycles. The molecule has 0 amide bonds. The van der Waals surface area contributed by atoms with Crippen LogP contribution in [0.15, 0.2) is 48.5 Å². The van der Waals surface area contributed by atoms with Crippen LogP contribution in [0.25, 0.3) is 22.3 Å². The number of fused-ring (bicyclic) bond motifs is 10. The van der Waals surface area contributed by atoms with Crippen molar-refractivity contribution in [3.63, 3.8) is 0 Å². The molecule has 0 aliphatic heterocycles. The Kier molecular flexibility index (Phi) is 5.99. The number of carbonyl (C=O) groups excluding carboxylic acids is 4. The highest BCUT2D eigenvalue weighted by Crippen LogP contribution is 2.65. The number of ether oxygens (including phenoxy) is 4. The van der Waals surface area contributed by atoms with Crippen molar-refractivity contribution in [3.05, 3.63) is 93.0 Å². The largest absolute Gasteiger partial charge is 0.496 e. The maximum absolute atomic E-state index is 12.1. The summed E-state index contributed by atoms with van der Waals surface area (Å²) in [5, 5.41) is 0. The van der Waals surface area contributed by atoms with E-state index in [0.29, 0.717) is 45.3 Å². The zero-order chi connectivity index (χ0) is 29.1. The number of carbonyl (C=O) groups is 4. The fourth-order valence-corrected chi connectivity index (χ4v) is 6.46. The van der Waals surface area contributed by atoms with Crippen molar-refractivity contribution in [1.29, 1.82) is 0 Å². The van der Waals surface area contributed by atoms with Crippen LogP contribution in [-0.2, 0) is 5.41 Å². The van der Waals surface area contributed by atoms with Crippen LogP contribution in [0.5, 0.6) is 23.0 Å². The summed E-state index contributed by atoms with van der Waals surface area (Å²) in [6.07, 6.45) is 2.90. The monoisotopic (exact) mass is 548 g/mol. The van der Waals surface area contributed by atoms with Crippen LogP contribution in [0.1, 0.15) is 63.7 Å². The van der Waals surface area contributed by atoms with E-state index in [2.05, 4.69) is 0 Å². The van der Waals surface area contributed by atoms with Crippen molar-refractivity contribution in [3.8, 4) is 45.3 Å². The molecule has 8 nitrogen and oxygen atoms in total. The van der Waals surface area contributed by atoms with Crippen LogP contribution >= 0.6 is 0 Å². The molecule has 0 radical (unpaired) electrons. The second-order valence-electron chi connectivity index (χ2n) is 9.78. The van der Waals surface area contributed by atoms with Gasteiger partial charge < -0.3 is 18.9 Å². The number of hydrogen-bond acceptors (Lipinski definition) is 8. The van der Waals surface area contributed by atoms with Crippen molar-refractivity contribution in [2.45, 2.75) is 5.41 Å². The minimum atomic E-state index is -1.04. The Labute approximate surface area is 235 Å². The summed E-state index contributed by atoms with van der Waals surface area (Å²) in [5.41, 5.74) is 6.37. The van der Waals surface area contributed by atoms with E-state index in [9.17, 15) is 19.2 Å². The molecule has 8 heteroatoms. The standard InChI is InChI=1S/C33H24O8/c1-38-29-9-25-21(5-17(29)13-34)22-6-18(14-35)30(39-2)10-26(22)33(25)27-11-31(40-3)19(15-36)7-23(27)24-8-20(16-37)32(41-4)12-28(24)33/h5-16H,1-4H3. The molecule has 4 aromatic rings. The van der Waals surface area contributed by atoms with Gasteiger partial charge in [0.05, 0.1) is 56.1 Å². The Morgan fingerprint density at radius 2 is 0.634 bits per heavy atom. The highest BCUT2D eigenvalue weighted by Gasteiger charge is 2.53. The van der Waals surface area contributed by atoms with Crippen LogP contribution in [0.3, 0.4) is 0 Å². The number of benzene rings is 4. The van der Waals surface area contributed by atoms with Crippen molar-refractivity contribution in [1.82, 2.24) is 0 Å². The predicted molar refractivity (Wildman–Crippen MR) is 150 cm³/mol. The van der Waals surface area contributed by atoms with Crippen molar-refractivity contribution < 1.29 is 38.1 Å². The van der Waals surface area contributed by atoms with Gasteiger partial charge in [-0.05, 0) is 93.0 Å². The number of aldehydes is 4. The van der Waals surface area contributed by atoms with Crippen LogP contribution in [0.4, 0.5) is 0 Å². The lowest BCUT2D eigenvalue weighted by Gasteiger charge is -2.31. The molecule has 204 valence electrons. The summed E-state index contributed by atoms with van der Waals surface area (Å²) in [4.78, 5) is 48.3. The summed E-state index contributed by atoms with van der Waals surface area (Å²) in [5.74, 6) is 1.49. The van der Waals surface area contributed by atoms with Crippen molar-refractivity contribution in [2.24, 2.45) is 0 Å². The van der Waals surface area contributed by atoms with Crippen LogP contribution in [-0.4, -0.2) is 53.6 Å². The van der Waals surface area contributed by atoms with Gasteiger partial charge in [0, 0.05) is 0 Å². The number of hydrogen-bond donors (Lipinski definition) is 0. The van der Waals surface area contributed by atoms with Crippen LogP contribution in [0, 0.1) is 0 Å².